The smallest absolute Gasteiger partial charge is 0.323 e. The van der Waals surface area contributed by atoms with E-state index in [1.54, 1.807) is 30.5 Å². The molecular formula is C18H21NO6. The maximum absolute atomic E-state index is 12.5. The fourth-order valence-electron chi connectivity index (χ4n) is 2.42. The summed E-state index contributed by atoms with van der Waals surface area (Å²) in [6.45, 7) is -0.214. The Morgan fingerprint density at radius 3 is 2.32 bits per heavy atom. The molecule has 0 aliphatic carbocycles. The number of furan rings is 1. The number of benzene rings is 1. The molecule has 7 nitrogen and oxygen atoms in total. The van der Waals surface area contributed by atoms with E-state index in [9.17, 15) is 9.59 Å². The van der Waals surface area contributed by atoms with Crippen LogP contribution in [-0.2, 0) is 22.6 Å². The Kier molecular flexibility index (Phi) is 6.45. The van der Waals surface area contributed by atoms with E-state index in [0.717, 1.165) is 11.1 Å². The van der Waals surface area contributed by atoms with Crippen LogP contribution in [0.4, 0.5) is 0 Å². The maximum atomic E-state index is 12.5. The van der Waals surface area contributed by atoms with E-state index in [2.05, 4.69) is 0 Å². The fourth-order valence-corrected chi connectivity index (χ4v) is 2.42. The van der Waals surface area contributed by atoms with Crippen LogP contribution in [0.15, 0.2) is 41.2 Å². The number of aliphatic carboxylic acids is 1. The summed E-state index contributed by atoms with van der Waals surface area (Å²) >= 11 is 0. The molecule has 25 heavy (non-hydrogen) atoms. The highest BCUT2D eigenvalue weighted by Crippen LogP contribution is 2.23. The normalized spacial score (nSPS) is 10.3. The number of aryl methyl sites for hydroxylation is 1. The Labute approximate surface area is 145 Å². The van der Waals surface area contributed by atoms with Crippen molar-refractivity contribution in [1.29, 1.82) is 0 Å². The molecule has 1 heterocycles. The Balaban J connectivity index is 2.11. The second-order valence-electron chi connectivity index (χ2n) is 5.50. The average molecular weight is 347 g/mol. The Hall–Kier alpha value is -2.96. The number of hydrogen-bond acceptors (Lipinski definition) is 5. The first-order valence-electron chi connectivity index (χ1n) is 7.74. The molecule has 0 bridgehead atoms. The van der Waals surface area contributed by atoms with Crippen LogP contribution < -0.4 is 9.47 Å². The Morgan fingerprint density at radius 2 is 1.80 bits per heavy atom. The molecule has 1 aromatic carbocycles. The summed E-state index contributed by atoms with van der Waals surface area (Å²) in [7, 11) is 3.06. The predicted octanol–water partition coefficient (Wildman–Crippen LogP) is 2.34. The molecule has 0 atom stereocenters. The fraction of sp³-hybridized carbons (Fsp3) is 0.333. The van der Waals surface area contributed by atoms with Gasteiger partial charge in [-0.05, 0) is 35.7 Å². The van der Waals surface area contributed by atoms with Crippen molar-refractivity contribution in [3.05, 3.63) is 47.9 Å². The van der Waals surface area contributed by atoms with E-state index in [0.29, 0.717) is 17.9 Å². The summed E-state index contributed by atoms with van der Waals surface area (Å²) in [5, 5.41) is 9.11. The third-order valence-corrected chi connectivity index (χ3v) is 3.67. The molecule has 0 radical (unpaired) electrons. The quantitative estimate of drug-likeness (QED) is 0.749. The number of carboxylic acid groups (broad SMARTS) is 1. The van der Waals surface area contributed by atoms with Gasteiger partial charge in [-0.1, -0.05) is 0 Å². The predicted molar refractivity (Wildman–Crippen MR) is 89.6 cm³/mol. The van der Waals surface area contributed by atoms with Crippen molar-refractivity contribution in [3.63, 3.8) is 0 Å². The first-order valence-corrected chi connectivity index (χ1v) is 7.74. The number of ether oxygens (including phenoxy) is 2. The standard InChI is InChI=1S/C18H21NO6/c1-23-15-7-14(8-16(9-15)24-2)10-19(11-18(21)22)17(20)4-3-13-5-6-25-12-13/h5-9,12H,3-4,10-11H2,1-2H3,(H,21,22). The summed E-state index contributed by atoms with van der Waals surface area (Å²) in [6, 6.07) is 6.99. The van der Waals surface area contributed by atoms with Crippen LogP contribution in [0.2, 0.25) is 0 Å². The number of carbonyl (C=O) groups excluding carboxylic acids is 1. The summed E-state index contributed by atoms with van der Waals surface area (Å²) in [6.07, 6.45) is 3.81. The van der Waals surface area contributed by atoms with Gasteiger partial charge in [0.25, 0.3) is 0 Å². The van der Waals surface area contributed by atoms with Crippen molar-refractivity contribution < 1.29 is 28.6 Å². The lowest BCUT2D eigenvalue weighted by Gasteiger charge is -2.21. The third-order valence-electron chi connectivity index (χ3n) is 3.67. The van der Waals surface area contributed by atoms with Gasteiger partial charge >= 0.3 is 5.97 Å². The Morgan fingerprint density at radius 1 is 1.12 bits per heavy atom. The zero-order valence-electron chi connectivity index (χ0n) is 14.2. The van der Waals surface area contributed by atoms with Crippen molar-refractivity contribution in [2.45, 2.75) is 19.4 Å². The summed E-state index contributed by atoms with van der Waals surface area (Å²) in [5.41, 5.74) is 1.63. The molecule has 1 amide bonds. The molecule has 134 valence electrons. The lowest BCUT2D eigenvalue weighted by atomic mass is 10.1. The second kappa shape index (κ2) is 8.77. The monoisotopic (exact) mass is 347 g/mol. The summed E-state index contributed by atoms with van der Waals surface area (Å²) < 4.78 is 15.4. The molecule has 0 aliphatic heterocycles. The van der Waals surface area contributed by atoms with E-state index >= 15 is 0 Å². The molecule has 1 aromatic heterocycles. The van der Waals surface area contributed by atoms with Gasteiger partial charge in [0.1, 0.15) is 18.0 Å². The molecule has 0 spiro atoms. The first-order chi connectivity index (χ1) is 12.0. The van der Waals surface area contributed by atoms with E-state index < -0.39 is 5.97 Å². The van der Waals surface area contributed by atoms with Crippen molar-refractivity contribution in [3.8, 4) is 11.5 Å². The molecule has 0 unspecified atom stereocenters. The molecule has 0 aliphatic rings. The highest BCUT2D eigenvalue weighted by atomic mass is 16.5. The van der Waals surface area contributed by atoms with Crippen LogP contribution in [0.3, 0.4) is 0 Å². The van der Waals surface area contributed by atoms with E-state index in [4.69, 9.17) is 19.0 Å². The molecule has 1 N–H and O–H groups in total. The van der Waals surface area contributed by atoms with Gasteiger partial charge in [0.15, 0.2) is 0 Å². The highest BCUT2D eigenvalue weighted by molar-refractivity contribution is 5.81. The summed E-state index contributed by atoms with van der Waals surface area (Å²) in [4.78, 5) is 24.9. The van der Waals surface area contributed by atoms with Gasteiger partial charge in [-0.15, -0.1) is 0 Å². The SMILES string of the molecule is COc1cc(CN(CC(=O)O)C(=O)CCc2ccoc2)cc(OC)c1. The number of rotatable bonds is 9. The van der Waals surface area contributed by atoms with Crippen molar-refractivity contribution >= 4 is 11.9 Å². The number of nitrogens with zero attached hydrogens (tertiary/aromatic N) is 1. The minimum Gasteiger partial charge on any atom is -0.497 e. The van der Waals surface area contributed by atoms with Crippen LogP contribution >= 0.6 is 0 Å². The van der Waals surface area contributed by atoms with Crippen LogP contribution in [-0.4, -0.2) is 42.6 Å². The van der Waals surface area contributed by atoms with E-state index in [1.165, 1.54) is 25.4 Å². The molecule has 0 saturated heterocycles. The van der Waals surface area contributed by atoms with Crippen molar-refractivity contribution in [1.82, 2.24) is 4.90 Å². The van der Waals surface area contributed by atoms with Gasteiger partial charge in [0.2, 0.25) is 5.91 Å². The highest BCUT2D eigenvalue weighted by Gasteiger charge is 2.18. The van der Waals surface area contributed by atoms with Crippen LogP contribution in [0.25, 0.3) is 0 Å². The van der Waals surface area contributed by atoms with Crippen molar-refractivity contribution in [2.75, 3.05) is 20.8 Å². The zero-order chi connectivity index (χ0) is 18.2. The number of hydrogen-bond donors (Lipinski definition) is 1. The second-order valence-corrected chi connectivity index (χ2v) is 5.50. The summed E-state index contributed by atoms with van der Waals surface area (Å²) in [5.74, 6) is -0.150. The minimum absolute atomic E-state index is 0.157. The van der Waals surface area contributed by atoms with Gasteiger partial charge < -0.3 is 23.9 Å². The van der Waals surface area contributed by atoms with Gasteiger partial charge in [0.05, 0.1) is 26.7 Å². The number of carboxylic acids is 1. The molecule has 2 aromatic rings. The average Bonchev–Trinajstić information content (AvgIpc) is 3.11. The minimum atomic E-state index is -1.06. The van der Waals surface area contributed by atoms with Gasteiger partial charge in [-0.3, -0.25) is 9.59 Å². The number of carbonyl (C=O) groups is 2. The van der Waals surface area contributed by atoms with Crippen LogP contribution in [0.5, 0.6) is 11.5 Å². The first kappa shape index (κ1) is 18.4. The lowest BCUT2D eigenvalue weighted by molar-refractivity contribution is -0.144. The maximum Gasteiger partial charge on any atom is 0.323 e. The molecule has 0 saturated carbocycles. The van der Waals surface area contributed by atoms with Gasteiger partial charge in [-0.25, -0.2) is 0 Å². The molecular weight excluding hydrogens is 326 g/mol. The largest absolute Gasteiger partial charge is 0.497 e. The van der Waals surface area contributed by atoms with E-state index in [1.807, 2.05) is 0 Å². The number of amides is 1. The van der Waals surface area contributed by atoms with Gasteiger partial charge in [-0.2, -0.15) is 0 Å². The zero-order valence-corrected chi connectivity index (χ0v) is 14.2. The molecule has 2 rings (SSSR count). The topological polar surface area (TPSA) is 89.2 Å². The van der Waals surface area contributed by atoms with Crippen LogP contribution in [0, 0.1) is 0 Å². The van der Waals surface area contributed by atoms with E-state index in [-0.39, 0.29) is 25.4 Å². The number of methoxy groups -OCH3 is 2. The molecule has 7 heteroatoms. The van der Waals surface area contributed by atoms with Crippen LogP contribution in [0.1, 0.15) is 17.5 Å². The van der Waals surface area contributed by atoms with Gasteiger partial charge in [0, 0.05) is 19.0 Å². The van der Waals surface area contributed by atoms with Crippen molar-refractivity contribution in [2.24, 2.45) is 0 Å². The lowest BCUT2D eigenvalue weighted by Crippen LogP contribution is -2.35. The Bertz CT molecular complexity index is 688. The third kappa shape index (κ3) is 5.56. The molecule has 0 fully saturated rings.